The molecule has 0 radical (unpaired) electrons. The summed E-state index contributed by atoms with van der Waals surface area (Å²) >= 11 is 0. The number of ether oxygens (including phenoxy) is 4. The third-order valence-electron chi connectivity index (χ3n) is 8.82. The molecule has 2 heterocycles. The van der Waals surface area contributed by atoms with Crippen LogP contribution < -0.4 is 5.32 Å². The van der Waals surface area contributed by atoms with Crippen molar-refractivity contribution in [2.24, 2.45) is 0 Å². The molecule has 0 bridgehead atoms. The number of carbonyl (C=O) groups is 1. The summed E-state index contributed by atoms with van der Waals surface area (Å²) in [5.41, 5.74) is 0. The number of nitrogens with one attached hydrogen (secondary N) is 1. The standard InChI is InChI=1S/C32H61NO13/c1-3-5-7-9-10-12-13-15-21(36)20(33-24(37)16-14-11-8-6-4-2)19-43-31-29(42)27(40)30(23(18-35)45-31)46-32-28(41)26(39)25(38)22(17-34)44-32/h20-23,25-32,34-36,38-42H,3-19H2,1-2H3,(H,33,37). The summed E-state index contributed by atoms with van der Waals surface area (Å²) in [6, 6.07) is -0.813. The first-order valence-electron chi connectivity index (χ1n) is 17.3. The smallest absolute Gasteiger partial charge is 0.220 e. The summed E-state index contributed by atoms with van der Waals surface area (Å²) < 4.78 is 22.4. The summed E-state index contributed by atoms with van der Waals surface area (Å²) in [6.45, 7) is 2.63. The highest BCUT2D eigenvalue weighted by molar-refractivity contribution is 5.76. The molecule has 14 heteroatoms. The molecule has 2 aliphatic rings. The Hall–Kier alpha value is -1.01. The van der Waals surface area contributed by atoms with Crippen molar-refractivity contribution in [2.75, 3.05) is 19.8 Å². The molecular weight excluding hydrogens is 606 g/mol. The monoisotopic (exact) mass is 667 g/mol. The van der Waals surface area contributed by atoms with Crippen molar-refractivity contribution < 1.29 is 64.6 Å². The molecule has 0 saturated carbocycles. The van der Waals surface area contributed by atoms with Crippen molar-refractivity contribution in [3.8, 4) is 0 Å². The average molecular weight is 668 g/mol. The van der Waals surface area contributed by atoms with Gasteiger partial charge < -0.3 is 65.1 Å². The number of hydrogen-bond acceptors (Lipinski definition) is 13. The van der Waals surface area contributed by atoms with E-state index >= 15 is 0 Å². The molecular formula is C32H61NO13. The topological polar surface area (TPSA) is 228 Å². The van der Waals surface area contributed by atoms with E-state index < -0.39 is 86.8 Å². The van der Waals surface area contributed by atoms with Gasteiger partial charge in [-0.3, -0.25) is 4.79 Å². The Bertz CT molecular complexity index is 806. The van der Waals surface area contributed by atoms with Crippen LogP contribution in [0.5, 0.6) is 0 Å². The van der Waals surface area contributed by atoms with Crippen molar-refractivity contribution in [2.45, 2.75) is 177 Å². The summed E-state index contributed by atoms with van der Waals surface area (Å²) in [4.78, 5) is 12.8. The van der Waals surface area contributed by atoms with Crippen LogP contribution in [0.25, 0.3) is 0 Å². The minimum atomic E-state index is -1.77. The lowest BCUT2D eigenvalue weighted by molar-refractivity contribution is -0.359. The van der Waals surface area contributed by atoms with Gasteiger partial charge in [-0.2, -0.15) is 0 Å². The van der Waals surface area contributed by atoms with Crippen molar-refractivity contribution in [3.05, 3.63) is 0 Å². The Morgan fingerprint density at radius 2 is 1.24 bits per heavy atom. The number of carbonyl (C=O) groups excluding carboxylic acids is 1. The third-order valence-corrected chi connectivity index (χ3v) is 8.82. The third kappa shape index (κ3) is 13.1. The van der Waals surface area contributed by atoms with Crippen LogP contribution in [0.2, 0.25) is 0 Å². The number of aliphatic hydroxyl groups excluding tert-OH is 8. The fraction of sp³-hybridized carbons (Fsp3) is 0.969. The maximum atomic E-state index is 12.8. The molecule has 2 aliphatic heterocycles. The molecule has 2 fully saturated rings. The zero-order valence-corrected chi connectivity index (χ0v) is 27.6. The molecule has 0 aromatic rings. The number of unbranched alkanes of at least 4 members (excludes halogenated alkanes) is 10. The van der Waals surface area contributed by atoms with Gasteiger partial charge in [-0.25, -0.2) is 0 Å². The van der Waals surface area contributed by atoms with Gasteiger partial charge in [0, 0.05) is 6.42 Å². The lowest BCUT2D eigenvalue weighted by Crippen LogP contribution is -2.65. The van der Waals surface area contributed by atoms with E-state index in [4.69, 9.17) is 18.9 Å². The molecule has 2 saturated heterocycles. The maximum Gasteiger partial charge on any atom is 0.220 e. The molecule has 46 heavy (non-hydrogen) atoms. The second-order valence-electron chi connectivity index (χ2n) is 12.7. The van der Waals surface area contributed by atoms with E-state index in [-0.39, 0.29) is 12.5 Å². The fourth-order valence-corrected chi connectivity index (χ4v) is 5.82. The van der Waals surface area contributed by atoms with Crippen molar-refractivity contribution in [3.63, 3.8) is 0 Å². The van der Waals surface area contributed by atoms with E-state index in [1.807, 2.05) is 0 Å². The first-order valence-corrected chi connectivity index (χ1v) is 17.3. The summed E-state index contributed by atoms with van der Waals surface area (Å²) in [5.74, 6) is -0.227. The number of amides is 1. The molecule has 272 valence electrons. The largest absolute Gasteiger partial charge is 0.394 e. The maximum absolute atomic E-state index is 12.8. The van der Waals surface area contributed by atoms with E-state index in [0.717, 1.165) is 57.8 Å². The molecule has 12 atom stereocenters. The van der Waals surface area contributed by atoms with Gasteiger partial charge in [0.15, 0.2) is 12.6 Å². The molecule has 14 nitrogen and oxygen atoms in total. The van der Waals surface area contributed by atoms with Crippen LogP contribution in [0.15, 0.2) is 0 Å². The Morgan fingerprint density at radius 3 is 1.85 bits per heavy atom. The highest BCUT2D eigenvalue weighted by atomic mass is 16.7. The van der Waals surface area contributed by atoms with Crippen molar-refractivity contribution >= 4 is 5.91 Å². The van der Waals surface area contributed by atoms with Gasteiger partial charge in [0.25, 0.3) is 0 Å². The van der Waals surface area contributed by atoms with Crippen molar-refractivity contribution in [1.29, 1.82) is 0 Å². The second-order valence-corrected chi connectivity index (χ2v) is 12.7. The highest BCUT2D eigenvalue weighted by Crippen LogP contribution is 2.29. The molecule has 0 spiro atoms. The average Bonchev–Trinajstić information content (AvgIpc) is 3.05. The normalized spacial score (nSPS) is 33.1. The Kier molecular flexibility index (Phi) is 20.2. The van der Waals surface area contributed by atoms with Crippen LogP contribution in [-0.2, 0) is 23.7 Å². The molecule has 1 amide bonds. The van der Waals surface area contributed by atoms with Gasteiger partial charge in [0.05, 0.1) is 32.0 Å². The fourth-order valence-electron chi connectivity index (χ4n) is 5.82. The van der Waals surface area contributed by atoms with Crippen LogP contribution in [0, 0.1) is 0 Å². The van der Waals surface area contributed by atoms with E-state index in [0.29, 0.717) is 12.8 Å². The number of hydrogen-bond donors (Lipinski definition) is 9. The van der Waals surface area contributed by atoms with Gasteiger partial charge in [-0.15, -0.1) is 0 Å². The molecule has 0 aromatic carbocycles. The lowest BCUT2D eigenvalue weighted by atomic mass is 9.97. The van der Waals surface area contributed by atoms with Gasteiger partial charge >= 0.3 is 0 Å². The molecule has 12 unspecified atom stereocenters. The molecule has 9 N–H and O–H groups in total. The minimum Gasteiger partial charge on any atom is -0.394 e. The Morgan fingerprint density at radius 1 is 0.696 bits per heavy atom. The predicted octanol–water partition coefficient (Wildman–Crippen LogP) is -0.0260. The zero-order valence-electron chi connectivity index (χ0n) is 27.6. The minimum absolute atomic E-state index is 0.227. The van der Waals surface area contributed by atoms with Crippen LogP contribution >= 0.6 is 0 Å². The van der Waals surface area contributed by atoms with Crippen LogP contribution in [-0.4, -0.2) is 140 Å². The zero-order chi connectivity index (χ0) is 34.1. The number of aliphatic hydroxyl groups is 8. The SMILES string of the molecule is CCCCCCCCCC(O)C(COC1OC(CO)C(OC2OC(CO)C(O)C(O)C2O)C(O)C1O)NC(=O)CCCCCCC. The quantitative estimate of drug-likeness (QED) is 0.0654. The van der Waals surface area contributed by atoms with Gasteiger partial charge in [-0.05, 0) is 12.8 Å². The van der Waals surface area contributed by atoms with Gasteiger partial charge in [0.2, 0.25) is 5.91 Å². The van der Waals surface area contributed by atoms with Gasteiger partial charge in [-0.1, -0.05) is 84.5 Å². The predicted molar refractivity (Wildman–Crippen MR) is 166 cm³/mol. The van der Waals surface area contributed by atoms with Crippen molar-refractivity contribution in [1.82, 2.24) is 5.32 Å². The Balaban J connectivity index is 2.00. The molecule has 0 aliphatic carbocycles. The summed E-state index contributed by atoms with van der Waals surface area (Å²) in [6.07, 6.45) is -3.54. The van der Waals surface area contributed by atoms with E-state index in [1.165, 1.54) is 19.3 Å². The van der Waals surface area contributed by atoms with Crippen LogP contribution in [0.4, 0.5) is 0 Å². The second kappa shape index (κ2) is 22.6. The van der Waals surface area contributed by atoms with Crippen LogP contribution in [0.3, 0.4) is 0 Å². The van der Waals surface area contributed by atoms with E-state index in [2.05, 4.69) is 19.2 Å². The van der Waals surface area contributed by atoms with E-state index in [9.17, 15) is 45.6 Å². The molecule has 2 rings (SSSR count). The lowest BCUT2D eigenvalue weighted by Gasteiger charge is -2.46. The first-order chi connectivity index (χ1) is 22.1. The summed E-state index contributed by atoms with van der Waals surface area (Å²) in [7, 11) is 0. The van der Waals surface area contributed by atoms with Gasteiger partial charge in [0.1, 0.15) is 48.8 Å². The summed E-state index contributed by atoms with van der Waals surface area (Å²) in [5, 5.41) is 85.5. The van der Waals surface area contributed by atoms with Crippen LogP contribution in [0.1, 0.15) is 104 Å². The van der Waals surface area contributed by atoms with E-state index in [1.54, 1.807) is 0 Å². The first kappa shape index (κ1) is 41.2. The molecule has 0 aromatic heterocycles. The Labute approximate surface area is 273 Å². The number of rotatable bonds is 23. The highest BCUT2D eigenvalue weighted by Gasteiger charge is 2.50.